The standard InChI is InChI=1S/C11H22N2O2/c1-10(2,3)15-9(14)13-7-8(6-12)11(13,4)5/h8H,6-7,12H2,1-5H3/t8-/m0/s1. The molecule has 1 heterocycles. The van der Waals surface area contributed by atoms with Gasteiger partial charge in [0.1, 0.15) is 5.60 Å². The summed E-state index contributed by atoms with van der Waals surface area (Å²) in [5.41, 5.74) is 5.02. The van der Waals surface area contributed by atoms with Gasteiger partial charge in [-0.1, -0.05) is 0 Å². The van der Waals surface area contributed by atoms with Crippen molar-refractivity contribution in [3.63, 3.8) is 0 Å². The molecular formula is C11H22N2O2. The van der Waals surface area contributed by atoms with Gasteiger partial charge in [0, 0.05) is 18.0 Å². The predicted octanol–water partition coefficient (Wildman–Crippen LogP) is 1.59. The molecule has 0 radical (unpaired) electrons. The summed E-state index contributed by atoms with van der Waals surface area (Å²) in [6, 6.07) is 0. The second kappa shape index (κ2) is 3.67. The normalized spacial score (nSPS) is 24.7. The highest BCUT2D eigenvalue weighted by molar-refractivity contribution is 5.70. The average molecular weight is 214 g/mol. The molecule has 0 spiro atoms. The highest BCUT2D eigenvalue weighted by Crippen LogP contribution is 2.36. The Bertz CT molecular complexity index is 256. The first-order valence-electron chi connectivity index (χ1n) is 5.39. The number of hydrogen-bond donors (Lipinski definition) is 1. The maximum atomic E-state index is 11.8. The zero-order valence-electron chi connectivity index (χ0n) is 10.3. The number of rotatable bonds is 1. The summed E-state index contributed by atoms with van der Waals surface area (Å²) in [4.78, 5) is 13.5. The Balaban J connectivity index is 2.58. The van der Waals surface area contributed by atoms with Gasteiger partial charge in [-0.3, -0.25) is 0 Å². The smallest absolute Gasteiger partial charge is 0.410 e. The number of carbonyl (C=O) groups is 1. The van der Waals surface area contributed by atoms with Crippen LogP contribution in [0.5, 0.6) is 0 Å². The highest BCUT2D eigenvalue weighted by atomic mass is 16.6. The van der Waals surface area contributed by atoms with Crippen molar-refractivity contribution in [3.8, 4) is 0 Å². The fourth-order valence-electron chi connectivity index (χ4n) is 1.78. The van der Waals surface area contributed by atoms with E-state index in [0.717, 1.165) is 0 Å². The lowest BCUT2D eigenvalue weighted by molar-refractivity contribution is -0.0652. The van der Waals surface area contributed by atoms with Gasteiger partial charge in [-0.15, -0.1) is 0 Å². The molecule has 1 aliphatic rings. The van der Waals surface area contributed by atoms with Crippen LogP contribution < -0.4 is 5.73 Å². The topological polar surface area (TPSA) is 55.6 Å². The summed E-state index contributed by atoms with van der Waals surface area (Å²) in [6.07, 6.45) is -0.239. The fraction of sp³-hybridized carbons (Fsp3) is 0.909. The first-order valence-corrected chi connectivity index (χ1v) is 5.39. The minimum Gasteiger partial charge on any atom is -0.444 e. The van der Waals surface area contributed by atoms with Crippen LogP contribution in [0.25, 0.3) is 0 Å². The Kier molecular flexibility index (Phi) is 3.01. The second-order valence-corrected chi connectivity index (χ2v) is 5.68. The van der Waals surface area contributed by atoms with Crippen LogP contribution in [0.3, 0.4) is 0 Å². The van der Waals surface area contributed by atoms with Gasteiger partial charge >= 0.3 is 6.09 Å². The van der Waals surface area contributed by atoms with E-state index >= 15 is 0 Å². The zero-order valence-corrected chi connectivity index (χ0v) is 10.3. The Morgan fingerprint density at radius 3 is 2.40 bits per heavy atom. The average Bonchev–Trinajstić information content (AvgIpc) is 1.99. The van der Waals surface area contributed by atoms with E-state index in [1.165, 1.54) is 0 Å². The van der Waals surface area contributed by atoms with Crippen LogP contribution in [0.15, 0.2) is 0 Å². The summed E-state index contributed by atoms with van der Waals surface area (Å²) >= 11 is 0. The van der Waals surface area contributed by atoms with E-state index in [1.807, 2.05) is 34.6 Å². The van der Waals surface area contributed by atoms with Crippen molar-refractivity contribution in [1.29, 1.82) is 0 Å². The fourth-order valence-corrected chi connectivity index (χ4v) is 1.78. The van der Waals surface area contributed by atoms with E-state index in [2.05, 4.69) is 0 Å². The molecule has 0 unspecified atom stereocenters. The molecule has 4 nitrogen and oxygen atoms in total. The molecule has 15 heavy (non-hydrogen) atoms. The van der Waals surface area contributed by atoms with Gasteiger partial charge in [0.15, 0.2) is 0 Å². The summed E-state index contributed by atoms with van der Waals surface area (Å²) in [6.45, 7) is 11.0. The maximum absolute atomic E-state index is 11.8. The van der Waals surface area contributed by atoms with Gasteiger partial charge in [-0.05, 0) is 41.2 Å². The van der Waals surface area contributed by atoms with Crippen LogP contribution in [-0.2, 0) is 4.74 Å². The first kappa shape index (κ1) is 12.3. The van der Waals surface area contributed by atoms with Gasteiger partial charge in [0.2, 0.25) is 0 Å². The van der Waals surface area contributed by atoms with Crippen molar-refractivity contribution in [2.24, 2.45) is 11.7 Å². The van der Waals surface area contributed by atoms with E-state index in [9.17, 15) is 4.79 Å². The molecule has 88 valence electrons. The van der Waals surface area contributed by atoms with E-state index in [4.69, 9.17) is 10.5 Å². The Hall–Kier alpha value is -0.770. The van der Waals surface area contributed by atoms with Crippen LogP contribution in [0, 0.1) is 5.92 Å². The molecule has 2 N–H and O–H groups in total. The van der Waals surface area contributed by atoms with Crippen molar-refractivity contribution in [2.75, 3.05) is 13.1 Å². The number of likely N-dealkylation sites (tertiary alicyclic amines) is 1. The lowest BCUT2D eigenvalue weighted by Gasteiger charge is -2.54. The van der Waals surface area contributed by atoms with E-state index in [0.29, 0.717) is 19.0 Å². The number of hydrogen-bond acceptors (Lipinski definition) is 3. The molecular weight excluding hydrogens is 192 g/mol. The molecule has 1 saturated heterocycles. The molecule has 0 aromatic rings. The van der Waals surface area contributed by atoms with Gasteiger partial charge < -0.3 is 15.4 Å². The Labute approximate surface area is 91.8 Å². The SMILES string of the molecule is CC(C)(C)OC(=O)N1C[C@H](CN)C1(C)C. The number of ether oxygens (including phenoxy) is 1. The molecule has 0 saturated carbocycles. The van der Waals surface area contributed by atoms with Gasteiger partial charge in [-0.2, -0.15) is 0 Å². The van der Waals surface area contributed by atoms with Crippen LogP contribution in [-0.4, -0.2) is 35.2 Å². The zero-order chi connectivity index (χ0) is 11.9. The van der Waals surface area contributed by atoms with E-state index in [-0.39, 0.29) is 11.6 Å². The predicted molar refractivity (Wildman–Crippen MR) is 59.6 cm³/mol. The van der Waals surface area contributed by atoms with Crippen LogP contribution in [0.4, 0.5) is 4.79 Å². The van der Waals surface area contributed by atoms with Crippen LogP contribution in [0.1, 0.15) is 34.6 Å². The minimum absolute atomic E-state index is 0.170. The van der Waals surface area contributed by atoms with Crippen molar-refractivity contribution in [2.45, 2.75) is 45.8 Å². The van der Waals surface area contributed by atoms with Crippen molar-refractivity contribution in [3.05, 3.63) is 0 Å². The molecule has 0 aromatic heterocycles. The molecule has 1 aliphatic heterocycles. The third-order valence-electron chi connectivity index (χ3n) is 3.00. The maximum Gasteiger partial charge on any atom is 0.410 e. The molecule has 0 aromatic carbocycles. The van der Waals surface area contributed by atoms with Crippen LogP contribution >= 0.6 is 0 Å². The molecule has 1 amide bonds. The molecule has 1 rings (SSSR count). The van der Waals surface area contributed by atoms with Crippen LogP contribution in [0.2, 0.25) is 0 Å². The number of amides is 1. The summed E-state index contributed by atoms with van der Waals surface area (Å²) < 4.78 is 5.32. The second-order valence-electron chi connectivity index (χ2n) is 5.68. The number of carbonyl (C=O) groups excluding carboxylic acids is 1. The van der Waals surface area contributed by atoms with Crippen molar-refractivity contribution < 1.29 is 9.53 Å². The largest absolute Gasteiger partial charge is 0.444 e. The third kappa shape index (κ3) is 2.43. The Morgan fingerprint density at radius 1 is 1.53 bits per heavy atom. The molecule has 1 fully saturated rings. The van der Waals surface area contributed by atoms with Gasteiger partial charge in [0.25, 0.3) is 0 Å². The number of nitrogens with two attached hydrogens (primary N) is 1. The highest BCUT2D eigenvalue weighted by Gasteiger charge is 2.49. The minimum atomic E-state index is -0.430. The quantitative estimate of drug-likeness (QED) is 0.721. The summed E-state index contributed by atoms with van der Waals surface area (Å²) in [7, 11) is 0. The van der Waals surface area contributed by atoms with Gasteiger partial charge in [-0.25, -0.2) is 4.79 Å². The summed E-state index contributed by atoms with van der Waals surface area (Å²) in [5, 5.41) is 0. The monoisotopic (exact) mass is 214 g/mol. The Morgan fingerprint density at radius 2 is 2.07 bits per heavy atom. The molecule has 0 bridgehead atoms. The number of nitrogens with zero attached hydrogens (tertiary/aromatic N) is 1. The molecule has 0 aliphatic carbocycles. The molecule has 4 heteroatoms. The van der Waals surface area contributed by atoms with Crippen molar-refractivity contribution in [1.82, 2.24) is 4.90 Å². The van der Waals surface area contributed by atoms with E-state index in [1.54, 1.807) is 4.90 Å². The lowest BCUT2D eigenvalue weighted by atomic mass is 9.77. The first-order chi connectivity index (χ1) is 6.68. The third-order valence-corrected chi connectivity index (χ3v) is 3.00. The van der Waals surface area contributed by atoms with E-state index < -0.39 is 5.60 Å². The lowest BCUT2D eigenvalue weighted by Crippen LogP contribution is -2.68. The summed E-state index contributed by atoms with van der Waals surface area (Å²) in [5.74, 6) is 0.380. The molecule has 1 atom stereocenters. The van der Waals surface area contributed by atoms with Gasteiger partial charge in [0.05, 0.1) is 0 Å². The van der Waals surface area contributed by atoms with Crippen molar-refractivity contribution >= 4 is 6.09 Å².